The Kier molecular flexibility index (Phi) is 5.33. The van der Waals surface area contributed by atoms with E-state index in [9.17, 15) is 39.6 Å². The van der Waals surface area contributed by atoms with Gasteiger partial charge in [0, 0.05) is 0 Å². The molecule has 8 heteroatoms. The van der Waals surface area contributed by atoms with Crippen molar-refractivity contribution < 1.29 is 39.6 Å². The SMILES string of the molecule is [O]C(=O)c1ccc(-c2cccc(-c3ccc(C([O])=O)c(C(=O)O)c3)c2)cc1C(=O)O. The van der Waals surface area contributed by atoms with E-state index in [-0.39, 0.29) is 0 Å². The van der Waals surface area contributed by atoms with E-state index in [1.165, 1.54) is 24.3 Å². The summed E-state index contributed by atoms with van der Waals surface area (Å²) in [6.45, 7) is 0. The zero-order valence-corrected chi connectivity index (χ0v) is 15.1. The van der Waals surface area contributed by atoms with Crippen LogP contribution in [0, 0.1) is 0 Å². The molecule has 2 radical (unpaired) electrons. The Balaban J connectivity index is 2.10. The van der Waals surface area contributed by atoms with Crippen molar-refractivity contribution in [2.75, 3.05) is 0 Å². The van der Waals surface area contributed by atoms with Gasteiger partial charge in [-0.2, -0.15) is 0 Å². The monoisotopic (exact) mass is 404 g/mol. The Morgan fingerprint density at radius 1 is 0.500 bits per heavy atom. The summed E-state index contributed by atoms with van der Waals surface area (Å²) in [5.41, 5.74) is 0.168. The summed E-state index contributed by atoms with van der Waals surface area (Å²) >= 11 is 0. The molecular formula is C22H12O8. The van der Waals surface area contributed by atoms with Crippen LogP contribution in [-0.2, 0) is 10.2 Å². The fraction of sp³-hybridized carbons (Fsp3) is 0. The Hall–Kier alpha value is -4.46. The van der Waals surface area contributed by atoms with Crippen LogP contribution in [0.3, 0.4) is 0 Å². The Labute approximate surface area is 169 Å². The molecule has 0 aliphatic carbocycles. The van der Waals surface area contributed by atoms with Crippen molar-refractivity contribution in [1.29, 1.82) is 0 Å². The molecule has 0 amide bonds. The predicted octanol–water partition coefficient (Wildman–Crippen LogP) is 3.56. The van der Waals surface area contributed by atoms with Crippen LogP contribution in [-0.4, -0.2) is 34.1 Å². The van der Waals surface area contributed by atoms with Crippen LogP contribution < -0.4 is 0 Å². The molecule has 8 nitrogen and oxygen atoms in total. The molecule has 0 unspecified atom stereocenters. The molecule has 148 valence electrons. The fourth-order valence-corrected chi connectivity index (χ4v) is 3.04. The van der Waals surface area contributed by atoms with Crippen molar-refractivity contribution in [2.24, 2.45) is 0 Å². The van der Waals surface area contributed by atoms with Crippen LogP contribution >= 0.6 is 0 Å². The molecule has 0 aromatic heterocycles. The predicted molar refractivity (Wildman–Crippen MR) is 101 cm³/mol. The number of carboxylic acids is 2. The number of aromatic carboxylic acids is 2. The highest BCUT2D eigenvalue weighted by atomic mass is 16.4. The topological polar surface area (TPSA) is 149 Å². The number of carbonyl (C=O) groups excluding carboxylic acids is 2. The number of hydrogen-bond donors (Lipinski definition) is 2. The van der Waals surface area contributed by atoms with Crippen molar-refractivity contribution in [3.8, 4) is 22.3 Å². The summed E-state index contributed by atoms with van der Waals surface area (Å²) in [6.07, 6.45) is 0. The maximum Gasteiger partial charge on any atom is 0.387 e. The van der Waals surface area contributed by atoms with Gasteiger partial charge >= 0.3 is 23.9 Å². The Morgan fingerprint density at radius 3 is 1.20 bits per heavy atom. The van der Waals surface area contributed by atoms with Crippen LogP contribution in [0.2, 0.25) is 0 Å². The third-order valence-electron chi connectivity index (χ3n) is 4.47. The molecule has 0 atom stereocenters. The maximum atomic E-state index is 11.4. The van der Waals surface area contributed by atoms with Gasteiger partial charge in [0.1, 0.15) is 0 Å². The van der Waals surface area contributed by atoms with Crippen LogP contribution in [0.5, 0.6) is 0 Å². The molecule has 0 spiro atoms. The summed E-state index contributed by atoms with van der Waals surface area (Å²) in [5, 5.41) is 40.8. The quantitative estimate of drug-likeness (QED) is 0.641. The number of benzene rings is 3. The van der Waals surface area contributed by atoms with Crippen LogP contribution in [0.4, 0.5) is 0 Å². The average Bonchev–Trinajstić information content (AvgIpc) is 2.72. The van der Waals surface area contributed by atoms with E-state index in [4.69, 9.17) is 0 Å². The molecule has 0 bridgehead atoms. The van der Waals surface area contributed by atoms with Crippen molar-refractivity contribution in [1.82, 2.24) is 0 Å². The zero-order chi connectivity index (χ0) is 22.0. The molecule has 0 aliphatic heterocycles. The van der Waals surface area contributed by atoms with Crippen molar-refractivity contribution in [3.05, 3.63) is 82.9 Å². The summed E-state index contributed by atoms with van der Waals surface area (Å²) in [4.78, 5) is 45.0. The minimum absolute atomic E-state index is 0.420. The van der Waals surface area contributed by atoms with Gasteiger partial charge < -0.3 is 10.2 Å². The summed E-state index contributed by atoms with van der Waals surface area (Å²) < 4.78 is 0. The van der Waals surface area contributed by atoms with Crippen LogP contribution in [0.1, 0.15) is 41.4 Å². The second-order valence-corrected chi connectivity index (χ2v) is 6.29. The van der Waals surface area contributed by atoms with E-state index in [0.717, 1.165) is 12.1 Å². The molecule has 3 rings (SSSR count). The Bertz CT molecular complexity index is 1120. The molecule has 30 heavy (non-hydrogen) atoms. The minimum Gasteiger partial charge on any atom is -0.478 e. The van der Waals surface area contributed by atoms with E-state index in [0.29, 0.717) is 22.3 Å². The van der Waals surface area contributed by atoms with Gasteiger partial charge in [-0.05, 0) is 52.6 Å². The first-order chi connectivity index (χ1) is 14.2. The van der Waals surface area contributed by atoms with E-state index in [1.54, 1.807) is 24.3 Å². The molecule has 0 saturated heterocycles. The zero-order valence-electron chi connectivity index (χ0n) is 15.1. The summed E-state index contributed by atoms with van der Waals surface area (Å²) in [6, 6.07) is 14.1. The standard InChI is InChI=1S/C22H12O8/c23-19(24)15-6-4-13(9-17(15)21(27)28)11-2-1-3-12(8-11)14-5-7-16(20(25)26)18(10-14)22(29)30/h1-10H,(H,27,28)(H,29,30). The Morgan fingerprint density at radius 2 is 0.867 bits per heavy atom. The number of carbonyl (C=O) groups is 4. The number of hydrogen-bond acceptors (Lipinski definition) is 4. The number of rotatable bonds is 6. The van der Waals surface area contributed by atoms with Crippen molar-refractivity contribution >= 4 is 23.9 Å². The highest BCUT2D eigenvalue weighted by Crippen LogP contribution is 2.29. The first kappa shape index (κ1) is 20.3. The van der Waals surface area contributed by atoms with Gasteiger partial charge in [0.25, 0.3) is 0 Å². The molecule has 3 aromatic rings. The van der Waals surface area contributed by atoms with E-state index in [2.05, 4.69) is 0 Å². The van der Waals surface area contributed by atoms with Gasteiger partial charge in [-0.1, -0.05) is 30.3 Å². The third kappa shape index (κ3) is 3.88. The van der Waals surface area contributed by atoms with E-state index in [1.807, 2.05) is 0 Å². The van der Waals surface area contributed by atoms with Gasteiger partial charge in [0.2, 0.25) is 0 Å². The highest BCUT2D eigenvalue weighted by Gasteiger charge is 2.20. The lowest BCUT2D eigenvalue weighted by Crippen LogP contribution is -2.07. The van der Waals surface area contributed by atoms with Crippen molar-refractivity contribution in [2.45, 2.75) is 0 Å². The lowest BCUT2D eigenvalue weighted by atomic mass is 9.94. The van der Waals surface area contributed by atoms with Crippen molar-refractivity contribution in [3.63, 3.8) is 0 Å². The number of carboxylic acid groups (broad SMARTS) is 2. The smallest absolute Gasteiger partial charge is 0.387 e. The first-order valence-electron chi connectivity index (χ1n) is 8.47. The first-order valence-corrected chi connectivity index (χ1v) is 8.47. The normalized spacial score (nSPS) is 10.4. The molecule has 3 aromatic carbocycles. The molecule has 0 saturated carbocycles. The lowest BCUT2D eigenvalue weighted by Gasteiger charge is -2.09. The van der Waals surface area contributed by atoms with Gasteiger partial charge in [-0.3, -0.25) is 0 Å². The molecule has 0 fully saturated rings. The molecule has 0 heterocycles. The lowest BCUT2D eigenvalue weighted by molar-refractivity contribution is 0.0552. The molecule has 2 N–H and O–H groups in total. The molecule has 0 aliphatic rings. The second-order valence-electron chi connectivity index (χ2n) is 6.29. The third-order valence-corrected chi connectivity index (χ3v) is 4.47. The van der Waals surface area contributed by atoms with E-state index >= 15 is 0 Å². The summed E-state index contributed by atoms with van der Waals surface area (Å²) in [7, 11) is 0. The minimum atomic E-state index is -1.61. The van der Waals surface area contributed by atoms with Gasteiger partial charge in [-0.15, -0.1) is 0 Å². The largest absolute Gasteiger partial charge is 0.478 e. The van der Waals surface area contributed by atoms with Crippen LogP contribution in [0.25, 0.3) is 22.3 Å². The maximum absolute atomic E-state index is 11.4. The second kappa shape index (κ2) is 7.88. The molecular weight excluding hydrogens is 392 g/mol. The summed E-state index contributed by atoms with van der Waals surface area (Å²) in [5.74, 6) is -6.06. The average molecular weight is 404 g/mol. The van der Waals surface area contributed by atoms with Gasteiger partial charge in [0.15, 0.2) is 0 Å². The fourth-order valence-electron chi connectivity index (χ4n) is 3.04. The van der Waals surface area contributed by atoms with Crippen LogP contribution in [0.15, 0.2) is 60.7 Å². The van der Waals surface area contributed by atoms with Gasteiger partial charge in [0.05, 0.1) is 22.3 Å². The highest BCUT2D eigenvalue weighted by molar-refractivity contribution is 6.03. The van der Waals surface area contributed by atoms with E-state index < -0.39 is 46.1 Å². The van der Waals surface area contributed by atoms with Gasteiger partial charge in [-0.25, -0.2) is 29.4 Å².